The lowest BCUT2D eigenvalue weighted by Gasteiger charge is -2.11. The van der Waals surface area contributed by atoms with Gasteiger partial charge in [-0.2, -0.15) is 5.10 Å². The monoisotopic (exact) mass is 361 g/mol. The highest BCUT2D eigenvalue weighted by Gasteiger charge is 2.28. The Kier molecular flexibility index (Phi) is 4.94. The molecule has 0 unspecified atom stereocenters. The zero-order valence-corrected chi connectivity index (χ0v) is 15.3. The molecule has 1 aromatic carbocycles. The first-order valence-electron chi connectivity index (χ1n) is 8.46. The fourth-order valence-corrected chi connectivity index (χ4v) is 4.98. The molecule has 1 aromatic heterocycles. The van der Waals surface area contributed by atoms with Crippen LogP contribution >= 0.6 is 0 Å². The van der Waals surface area contributed by atoms with Gasteiger partial charge in [-0.3, -0.25) is 4.79 Å². The molecule has 1 amide bonds. The lowest BCUT2D eigenvalue weighted by atomic mass is 10.1. The molecule has 1 atom stereocenters. The molecule has 134 valence electrons. The maximum atomic E-state index is 12.1. The molecule has 3 rings (SSSR count). The third-order valence-electron chi connectivity index (χ3n) is 4.64. The first kappa shape index (κ1) is 17.7. The van der Waals surface area contributed by atoms with Crippen LogP contribution in [0.2, 0.25) is 0 Å². The van der Waals surface area contributed by atoms with Crippen LogP contribution in [0.15, 0.2) is 30.3 Å². The average molecular weight is 361 g/mol. The maximum Gasteiger partial charge on any atom is 0.220 e. The van der Waals surface area contributed by atoms with E-state index < -0.39 is 9.84 Å². The quantitative estimate of drug-likeness (QED) is 0.879. The van der Waals surface area contributed by atoms with Gasteiger partial charge in [0.05, 0.1) is 22.9 Å². The molecule has 0 bridgehead atoms. The summed E-state index contributed by atoms with van der Waals surface area (Å²) in [5, 5.41) is 7.42. The Morgan fingerprint density at radius 3 is 2.64 bits per heavy atom. The molecule has 2 aromatic rings. The van der Waals surface area contributed by atoms with Crippen LogP contribution in [0, 0.1) is 13.8 Å². The number of carbonyl (C=O) groups excluding carboxylic acids is 1. The number of aromatic nitrogens is 2. The SMILES string of the molecule is Cc1nn(-c2ccccc2)c(C)c1CCC(=O)N[C@@H]1CCS(=O)(=O)C1. The summed E-state index contributed by atoms with van der Waals surface area (Å²) in [4.78, 5) is 12.1. The van der Waals surface area contributed by atoms with E-state index in [-0.39, 0.29) is 23.5 Å². The van der Waals surface area contributed by atoms with E-state index in [0.29, 0.717) is 19.3 Å². The van der Waals surface area contributed by atoms with Crippen molar-refractivity contribution in [3.63, 3.8) is 0 Å². The maximum absolute atomic E-state index is 12.1. The van der Waals surface area contributed by atoms with E-state index in [0.717, 1.165) is 22.6 Å². The van der Waals surface area contributed by atoms with Crippen LogP contribution in [-0.2, 0) is 21.1 Å². The van der Waals surface area contributed by atoms with E-state index in [1.54, 1.807) is 0 Å². The van der Waals surface area contributed by atoms with Crippen molar-refractivity contribution in [3.05, 3.63) is 47.3 Å². The summed E-state index contributed by atoms with van der Waals surface area (Å²) in [6.45, 7) is 3.95. The van der Waals surface area contributed by atoms with Gasteiger partial charge in [0.15, 0.2) is 9.84 Å². The van der Waals surface area contributed by atoms with Gasteiger partial charge in [-0.05, 0) is 44.4 Å². The molecule has 7 heteroatoms. The standard InChI is InChI=1S/C18H23N3O3S/c1-13-17(14(2)21(20-13)16-6-4-3-5-7-16)8-9-18(22)19-15-10-11-25(23,24)12-15/h3-7,15H,8-12H2,1-2H3,(H,19,22)/t15-/m1/s1. The topological polar surface area (TPSA) is 81.1 Å². The van der Waals surface area contributed by atoms with Gasteiger partial charge in [0.1, 0.15) is 0 Å². The number of rotatable bonds is 5. The molecule has 0 saturated carbocycles. The number of hydrogen-bond donors (Lipinski definition) is 1. The second kappa shape index (κ2) is 7.00. The Morgan fingerprint density at radius 2 is 2.00 bits per heavy atom. The number of para-hydroxylation sites is 1. The fraction of sp³-hybridized carbons (Fsp3) is 0.444. The van der Waals surface area contributed by atoms with E-state index in [2.05, 4.69) is 10.4 Å². The molecule has 6 nitrogen and oxygen atoms in total. The van der Waals surface area contributed by atoms with Gasteiger partial charge >= 0.3 is 0 Å². The number of benzene rings is 1. The van der Waals surface area contributed by atoms with E-state index in [1.165, 1.54) is 0 Å². The first-order valence-corrected chi connectivity index (χ1v) is 10.3. The number of aryl methyl sites for hydroxylation is 1. The minimum absolute atomic E-state index is 0.0583. The van der Waals surface area contributed by atoms with Crippen LogP contribution in [0.3, 0.4) is 0 Å². The highest BCUT2D eigenvalue weighted by molar-refractivity contribution is 7.91. The van der Waals surface area contributed by atoms with Crippen molar-refractivity contribution in [1.29, 1.82) is 0 Å². The van der Waals surface area contributed by atoms with Crippen LogP contribution in [0.4, 0.5) is 0 Å². The summed E-state index contributed by atoms with van der Waals surface area (Å²) in [5.41, 5.74) is 4.01. The van der Waals surface area contributed by atoms with Gasteiger partial charge in [-0.25, -0.2) is 13.1 Å². The van der Waals surface area contributed by atoms with Gasteiger partial charge in [0, 0.05) is 18.2 Å². The van der Waals surface area contributed by atoms with Gasteiger partial charge in [-0.15, -0.1) is 0 Å². The molecule has 0 aliphatic carbocycles. The highest BCUT2D eigenvalue weighted by atomic mass is 32.2. The molecule has 1 N–H and O–H groups in total. The third-order valence-corrected chi connectivity index (χ3v) is 6.41. The van der Waals surface area contributed by atoms with Crippen molar-refractivity contribution in [2.45, 2.75) is 39.2 Å². The third kappa shape index (κ3) is 4.10. The number of sulfone groups is 1. The number of nitrogens with one attached hydrogen (secondary N) is 1. The molecule has 1 fully saturated rings. The Morgan fingerprint density at radius 1 is 1.28 bits per heavy atom. The van der Waals surface area contributed by atoms with Crippen molar-refractivity contribution in [2.75, 3.05) is 11.5 Å². The molecule has 25 heavy (non-hydrogen) atoms. The molecular weight excluding hydrogens is 338 g/mol. The lowest BCUT2D eigenvalue weighted by Crippen LogP contribution is -2.35. The van der Waals surface area contributed by atoms with Crippen molar-refractivity contribution >= 4 is 15.7 Å². The fourth-order valence-electron chi connectivity index (χ4n) is 3.30. The van der Waals surface area contributed by atoms with Crippen molar-refractivity contribution < 1.29 is 13.2 Å². The van der Waals surface area contributed by atoms with Gasteiger partial charge in [-0.1, -0.05) is 18.2 Å². The molecule has 1 saturated heterocycles. The molecule has 1 aliphatic heterocycles. The van der Waals surface area contributed by atoms with Crippen LogP contribution in [-0.4, -0.2) is 41.7 Å². The summed E-state index contributed by atoms with van der Waals surface area (Å²) in [6, 6.07) is 9.64. The summed E-state index contributed by atoms with van der Waals surface area (Å²) in [5.74, 6) is 0.122. The zero-order chi connectivity index (χ0) is 18.0. The van der Waals surface area contributed by atoms with E-state index in [9.17, 15) is 13.2 Å². The van der Waals surface area contributed by atoms with E-state index in [1.807, 2.05) is 48.9 Å². The molecule has 0 spiro atoms. The Bertz CT molecular complexity index is 872. The van der Waals surface area contributed by atoms with Gasteiger partial charge in [0.25, 0.3) is 0 Å². The number of carbonyl (C=O) groups is 1. The highest BCUT2D eigenvalue weighted by Crippen LogP contribution is 2.19. The van der Waals surface area contributed by atoms with Crippen LogP contribution < -0.4 is 5.32 Å². The molecule has 2 heterocycles. The van der Waals surface area contributed by atoms with E-state index in [4.69, 9.17) is 0 Å². The molecule has 0 radical (unpaired) electrons. The summed E-state index contributed by atoms with van der Waals surface area (Å²) in [6.07, 6.45) is 1.44. The number of hydrogen-bond acceptors (Lipinski definition) is 4. The summed E-state index contributed by atoms with van der Waals surface area (Å²) < 4.78 is 24.8. The second-order valence-electron chi connectivity index (χ2n) is 6.56. The number of nitrogens with zero attached hydrogens (tertiary/aromatic N) is 2. The van der Waals surface area contributed by atoms with Crippen molar-refractivity contribution in [3.8, 4) is 5.69 Å². The number of amides is 1. The second-order valence-corrected chi connectivity index (χ2v) is 8.79. The lowest BCUT2D eigenvalue weighted by molar-refractivity contribution is -0.121. The summed E-state index contributed by atoms with van der Waals surface area (Å²) in [7, 11) is -2.98. The van der Waals surface area contributed by atoms with Crippen LogP contribution in [0.5, 0.6) is 0 Å². The predicted molar refractivity (Wildman–Crippen MR) is 96.6 cm³/mol. The largest absolute Gasteiger partial charge is 0.352 e. The van der Waals surface area contributed by atoms with Crippen LogP contribution in [0.25, 0.3) is 5.69 Å². The first-order chi connectivity index (χ1) is 11.9. The normalized spacial score (nSPS) is 19.0. The zero-order valence-electron chi connectivity index (χ0n) is 14.5. The Balaban J connectivity index is 1.64. The minimum Gasteiger partial charge on any atom is -0.352 e. The molecular formula is C18H23N3O3S. The van der Waals surface area contributed by atoms with Crippen molar-refractivity contribution in [2.24, 2.45) is 0 Å². The van der Waals surface area contributed by atoms with Gasteiger partial charge in [0.2, 0.25) is 5.91 Å². The van der Waals surface area contributed by atoms with Crippen LogP contribution in [0.1, 0.15) is 29.8 Å². The smallest absolute Gasteiger partial charge is 0.220 e. The van der Waals surface area contributed by atoms with Crippen molar-refractivity contribution in [1.82, 2.24) is 15.1 Å². The minimum atomic E-state index is -2.98. The molecule has 1 aliphatic rings. The van der Waals surface area contributed by atoms with Gasteiger partial charge < -0.3 is 5.32 Å². The Labute approximate surface area is 148 Å². The Hall–Kier alpha value is -2.15. The average Bonchev–Trinajstić information content (AvgIpc) is 3.05. The predicted octanol–water partition coefficient (Wildman–Crippen LogP) is 1.73. The van der Waals surface area contributed by atoms with E-state index >= 15 is 0 Å². The summed E-state index contributed by atoms with van der Waals surface area (Å²) >= 11 is 0.